The minimum atomic E-state index is 0.502. The molecule has 0 aromatic carbocycles. The molecule has 0 aromatic rings. The average molecular weight is 183 g/mol. The summed E-state index contributed by atoms with van der Waals surface area (Å²) < 4.78 is 0. The summed E-state index contributed by atoms with van der Waals surface area (Å²) in [6.45, 7) is 7.97. The first-order valence-electron chi connectivity index (χ1n) is 5.06. The van der Waals surface area contributed by atoms with E-state index in [1.807, 2.05) is 6.92 Å². The lowest BCUT2D eigenvalue weighted by molar-refractivity contribution is -0.107. The number of allylic oxidation sites excluding steroid dienone is 1. The van der Waals surface area contributed by atoms with Crippen LogP contribution in [0.25, 0.3) is 0 Å². The highest BCUT2D eigenvalue weighted by Gasteiger charge is 2.05. The van der Waals surface area contributed by atoms with Gasteiger partial charge in [0.25, 0.3) is 0 Å². The van der Waals surface area contributed by atoms with Crippen LogP contribution in [0.5, 0.6) is 0 Å². The molecule has 0 aromatic heterocycles. The molecule has 0 radical (unpaired) electrons. The minimum Gasteiger partial charge on any atom is -0.386 e. The van der Waals surface area contributed by atoms with Crippen molar-refractivity contribution in [3.8, 4) is 0 Å². The molecule has 2 heteroatoms. The van der Waals surface area contributed by atoms with E-state index in [0.717, 1.165) is 31.2 Å². The second-order valence-electron chi connectivity index (χ2n) is 3.51. The Balaban J connectivity index is 3.65. The zero-order valence-corrected chi connectivity index (χ0v) is 8.81. The van der Waals surface area contributed by atoms with Crippen LogP contribution in [0.2, 0.25) is 0 Å². The highest BCUT2D eigenvalue weighted by molar-refractivity contribution is 5.48. The number of carbonyl (C=O) groups is 1. The summed E-state index contributed by atoms with van der Waals surface area (Å²) in [7, 11) is 0. The van der Waals surface area contributed by atoms with Gasteiger partial charge in [-0.05, 0) is 26.2 Å². The Bertz CT molecular complexity index is 154. The van der Waals surface area contributed by atoms with Gasteiger partial charge in [-0.2, -0.15) is 0 Å². The van der Waals surface area contributed by atoms with Crippen LogP contribution in [-0.2, 0) is 4.79 Å². The van der Waals surface area contributed by atoms with Gasteiger partial charge in [-0.3, -0.25) is 0 Å². The van der Waals surface area contributed by atoms with Crippen LogP contribution in [-0.4, -0.2) is 12.3 Å². The monoisotopic (exact) mass is 183 g/mol. The Morgan fingerprint density at radius 2 is 2.23 bits per heavy atom. The summed E-state index contributed by atoms with van der Waals surface area (Å²) in [6, 6.07) is 0.502. The van der Waals surface area contributed by atoms with Crippen molar-refractivity contribution in [1.82, 2.24) is 5.32 Å². The Morgan fingerprint density at radius 1 is 1.54 bits per heavy atom. The van der Waals surface area contributed by atoms with Crippen LogP contribution < -0.4 is 5.32 Å². The van der Waals surface area contributed by atoms with Gasteiger partial charge in [-0.1, -0.05) is 19.9 Å². The Labute approximate surface area is 81.4 Å². The smallest absolute Gasteiger partial charge is 0.119 e. The first kappa shape index (κ1) is 12.2. The van der Waals surface area contributed by atoms with Gasteiger partial charge in [0.1, 0.15) is 6.29 Å². The van der Waals surface area contributed by atoms with E-state index in [2.05, 4.69) is 18.8 Å². The molecule has 0 aliphatic carbocycles. The molecule has 0 spiro atoms. The number of hydrogen-bond acceptors (Lipinski definition) is 2. The van der Waals surface area contributed by atoms with Crippen molar-refractivity contribution >= 4 is 6.29 Å². The predicted octanol–water partition coefficient (Wildman–Crippen LogP) is 2.65. The van der Waals surface area contributed by atoms with Crippen molar-refractivity contribution in [1.29, 1.82) is 0 Å². The van der Waals surface area contributed by atoms with Gasteiger partial charge >= 0.3 is 0 Å². The lowest BCUT2D eigenvalue weighted by Gasteiger charge is -2.18. The van der Waals surface area contributed by atoms with E-state index in [4.69, 9.17) is 0 Å². The second kappa shape index (κ2) is 7.84. The standard InChI is InChI=1S/C11H21NO/c1-4-7-11(12-10(2)3)8-5-6-9-13/h9,11-12H,2,4-8H2,1,3H3. The summed E-state index contributed by atoms with van der Waals surface area (Å²) in [5.41, 5.74) is 1.02. The molecule has 1 atom stereocenters. The van der Waals surface area contributed by atoms with E-state index in [9.17, 15) is 4.79 Å². The average Bonchev–Trinajstić information content (AvgIpc) is 2.04. The third-order valence-corrected chi connectivity index (χ3v) is 1.96. The van der Waals surface area contributed by atoms with E-state index < -0.39 is 0 Å². The summed E-state index contributed by atoms with van der Waals surface area (Å²) in [6.07, 6.45) is 6.05. The molecule has 76 valence electrons. The van der Waals surface area contributed by atoms with E-state index in [1.165, 1.54) is 6.42 Å². The molecule has 1 unspecified atom stereocenters. The van der Waals surface area contributed by atoms with Crippen LogP contribution in [0, 0.1) is 0 Å². The lowest BCUT2D eigenvalue weighted by Crippen LogP contribution is -2.26. The Hall–Kier alpha value is -0.790. The normalized spacial score (nSPS) is 12.2. The molecule has 0 saturated heterocycles. The summed E-state index contributed by atoms with van der Waals surface area (Å²) in [5.74, 6) is 0. The number of nitrogens with one attached hydrogen (secondary N) is 1. The number of unbranched alkanes of at least 4 members (excludes halogenated alkanes) is 1. The van der Waals surface area contributed by atoms with Crippen LogP contribution in [0.4, 0.5) is 0 Å². The SMILES string of the molecule is C=C(C)NC(CCC)CCCC=O. The van der Waals surface area contributed by atoms with E-state index in [1.54, 1.807) is 0 Å². The van der Waals surface area contributed by atoms with E-state index >= 15 is 0 Å². The van der Waals surface area contributed by atoms with Crippen LogP contribution in [0.15, 0.2) is 12.3 Å². The van der Waals surface area contributed by atoms with Gasteiger partial charge in [0.2, 0.25) is 0 Å². The van der Waals surface area contributed by atoms with Crippen molar-refractivity contribution in [3.05, 3.63) is 12.3 Å². The Morgan fingerprint density at radius 3 is 2.69 bits per heavy atom. The van der Waals surface area contributed by atoms with Crippen LogP contribution >= 0.6 is 0 Å². The second-order valence-corrected chi connectivity index (χ2v) is 3.51. The zero-order chi connectivity index (χ0) is 10.1. The maximum Gasteiger partial charge on any atom is 0.119 e. The predicted molar refractivity (Wildman–Crippen MR) is 56.6 cm³/mol. The number of rotatable bonds is 8. The molecule has 0 aliphatic heterocycles. The highest BCUT2D eigenvalue weighted by atomic mass is 16.1. The molecule has 0 aliphatic rings. The summed E-state index contributed by atoms with van der Waals surface area (Å²) >= 11 is 0. The molecule has 0 amide bonds. The van der Waals surface area contributed by atoms with Crippen molar-refractivity contribution in [2.75, 3.05) is 0 Å². The lowest BCUT2D eigenvalue weighted by atomic mass is 10.1. The van der Waals surface area contributed by atoms with Crippen molar-refractivity contribution in [2.24, 2.45) is 0 Å². The van der Waals surface area contributed by atoms with Gasteiger partial charge < -0.3 is 10.1 Å². The molecule has 0 fully saturated rings. The third-order valence-electron chi connectivity index (χ3n) is 1.96. The topological polar surface area (TPSA) is 29.1 Å². The molecule has 0 rings (SSSR count). The maximum atomic E-state index is 10.1. The first-order valence-corrected chi connectivity index (χ1v) is 5.06. The van der Waals surface area contributed by atoms with Gasteiger partial charge in [0, 0.05) is 18.2 Å². The highest BCUT2D eigenvalue weighted by Crippen LogP contribution is 2.07. The van der Waals surface area contributed by atoms with Gasteiger partial charge in [-0.15, -0.1) is 0 Å². The quantitative estimate of drug-likeness (QED) is 0.463. The molecular weight excluding hydrogens is 162 g/mol. The molecule has 13 heavy (non-hydrogen) atoms. The van der Waals surface area contributed by atoms with Crippen LogP contribution in [0.1, 0.15) is 46.0 Å². The zero-order valence-electron chi connectivity index (χ0n) is 8.81. The largest absolute Gasteiger partial charge is 0.386 e. The Kier molecular flexibility index (Phi) is 7.36. The van der Waals surface area contributed by atoms with E-state index in [-0.39, 0.29) is 0 Å². The van der Waals surface area contributed by atoms with Crippen LogP contribution in [0.3, 0.4) is 0 Å². The fraction of sp³-hybridized carbons (Fsp3) is 0.727. The molecule has 2 nitrogen and oxygen atoms in total. The summed E-state index contributed by atoms with van der Waals surface area (Å²) in [5, 5.41) is 3.33. The molecular formula is C11H21NO. The third kappa shape index (κ3) is 7.57. The molecule has 1 N–H and O–H groups in total. The first-order chi connectivity index (χ1) is 6.20. The summed E-state index contributed by atoms with van der Waals surface area (Å²) in [4.78, 5) is 10.1. The van der Waals surface area contributed by atoms with Crippen molar-refractivity contribution < 1.29 is 4.79 Å². The molecule has 0 bridgehead atoms. The number of carbonyl (C=O) groups excluding carboxylic acids is 1. The van der Waals surface area contributed by atoms with Gasteiger partial charge in [0.15, 0.2) is 0 Å². The minimum absolute atomic E-state index is 0.502. The van der Waals surface area contributed by atoms with Crippen molar-refractivity contribution in [3.63, 3.8) is 0 Å². The number of hydrogen-bond donors (Lipinski definition) is 1. The molecule has 0 heterocycles. The fourth-order valence-electron chi connectivity index (χ4n) is 1.43. The number of aldehydes is 1. The fourth-order valence-corrected chi connectivity index (χ4v) is 1.43. The van der Waals surface area contributed by atoms with Gasteiger partial charge in [0.05, 0.1) is 0 Å². The van der Waals surface area contributed by atoms with Crippen molar-refractivity contribution in [2.45, 2.75) is 52.0 Å². The molecule has 0 saturated carbocycles. The maximum absolute atomic E-state index is 10.1. The van der Waals surface area contributed by atoms with E-state index in [0.29, 0.717) is 12.5 Å². The van der Waals surface area contributed by atoms with Gasteiger partial charge in [-0.25, -0.2) is 0 Å².